The van der Waals surface area contributed by atoms with Crippen LogP contribution >= 0.6 is 35.2 Å². The minimum Gasteiger partial charge on any atom is -0.677 e. The largest absolute Gasteiger partial charge is 1.00 e. The average molecular weight is 618 g/mol. The summed E-state index contributed by atoms with van der Waals surface area (Å²) in [5.41, 5.74) is 8.63. The molecule has 1 aromatic rings. The number of nitrogens with one attached hydrogen (secondary N) is 3. The molecule has 2 unspecified atom stereocenters. The van der Waals surface area contributed by atoms with E-state index in [1.165, 1.54) is 9.13 Å². The number of aryl methyl sites for hydroxylation is 1. The molecule has 0 aromatic heterocycles. The van der Waals surface area contributed by atoms with Crippen molar-refractivity contribution in [2.24, 2.45) is 5.92 Å². The van der Waals surface area contributed by atoms with E-state index >= 15 is 0 Å². The Balaban J connectivity index is 0.00000841. The van der Waals surface area contributed by atoms with Crippen molar-refractivity contribution in [3.63, 3.8) is 0 Å². The second kappa shape index (κ2) is 18.4. The Labute approximate surface area is 250 Å². The molecular weight excluding hydrogens is 583 g/mol. The Kier molecular flexibility index (Phi) is 19.1. The Morgan fingerprint density at radius 1 is 1.10 bits per heavy atom. The van der Waals surface area contributed by atoms with Crippen LogP contribution in [-0.4, -0.2) is 36.2 Å². The van der Waals surface area contributed by atoms with Gasteiger partial charge in [0.25, 0.3) is 0 Å². The maximum atomic E-state index is 12.5. The van der Waals surface area contributed by atoms with Crippen LogP contribution in [0.25, 0.3) is 5.73 Å². The topological polar surface area (TPSA) is 82.0 Å². The molecular formula is C22H35IN3O2RbS. The zero-order valence-corrected chi connectivity index (χ0v) is 26.5. The van der Waals surface area contributed by atoms with Gasteiger partial charge in [0.15, 0.2) is 0 Å². The van der Waals surface area contributed by atoms with Crippen LogP contribution in [0.2, 0.25) is 0 Å². The van der Waals surface area contributed by atoms with Crippen molar-refractivity contribution in [1.29, 1.82) is 0 Å². The minimum atomic E-state index is -0.310. The Hall–Kier alpha value is 1.01. The number of benzene rings is 1. The average Bonchev–Trinajstić information content (AvgIpc) is 2.69. The normalized spacial score (nSPS) is 13.6. The number of carbonyl (C=O) groups is 2. The molecule has 0 aliphatic heterocycles. The molecule has 0 heterocycles. The van der Waals surface area contributed by atoms with E-state index in [9.17, 15) is 9.59 Å². The summed E-state index contributed by atoms with van der Waals surface area (Å²) in [6.45, 7) is 4.83. The number of thiol groups is 1. The molecule has 0 fully saturated rings. The minimum absolute atomic E-state index is 0. The third-order valence-electron chi connectivity index (χ3n) is 4.94. The molecule has 164 valence electrons. The van der Waals surface area contributed by atoms with Crippen molar-refractivity contribution in [2.75, 3.05) is 13.1 Å². The molecule has 0 saturated heterocycles. The van der Waals surface area contributed by atoms with Gasteiger partial charge in [-0.2, -0.15) is 19.2 Å². The van der Waals surface area contributed by atoms with Crippen molar-refractivity contribution in [2.45, 2.75) is 70.1 Å². The summed E-state index contributed by atoms with van der Waals surface area (Å²) in [6, 6.07) is 8.11. The predicted octanol–water partition coefficient (Wildman–Crippen LogP) is 1.79. The van der Waals surface area contributed by atoms with Gasteiger partial charge in [-0.1, -0.05) is 32.4 Å². The van der Waals surface area contributed by atoms with E-state index in [0.717, 1.165) is 25.7 Å². The van der Waals surface area contributed by atoms with Crippen LogP contribution in [-0.2, 0) is 16.0 Å². The van der Waals surface area contributed by atoms with Crippen molar-refractivity contribution < 1.29 is 67.8 Å². The third kappa shape index (κ3) is 14.2. The molecule has 5 nitrogen and oxygen atoms in total. The first kappa shape index (κ1) is 31.0. The van der Waals surface area contributed by atoms with Crippen LogP contribution in [0.3, 0.4) is 0 Å². The van der Waals surface area contributed by atoms with Crippen LogP contribution in [0.1, 0.15) is 57.9 Å². The van der Waals surface area contributed by atoms with E-state index in [4.69, 9.17) is 5.73 Å². The van der Waals surface area contributed by atoms with Gasteiger partial charge in [0.05, 0.1) is 5.92 Å². The zero-order chi connectivity index (χ0) is 21.6. The molecule has 0 aliphatic rings. The summed E-state index contributed by atoms with van der Waals surface area (Å²) in [5.74, 6) is -0.366. The Bertz CT molecular complexity index is 617. The SMILES string of the molecule is CC(S)CCCNC(=O)C(C)[C@@H](CCC[NH-])NC(=O)CCCc1ccc(I)cc1.[Rb+]. The van der Waals surface area contributed by atoms with Crippen LogP contribution in [0.4, 0.5) is 0 Å². The summed E-state index contributed by atoms with van der Waals surface area (Å²) in [7, 11) is 0. The van der Waals surface area contributed by atoms with Gasteiger partial charge in [-0.05, 0) is 77.6 Å². The third-order valence-corrected chi connectivity index (χ3v) is 5.91. The molecule has 3 atom stereocenters. The van der Waals surface area contributed by atoms with Crippen LogP contribution in [0.15, 0.2) is 24.3 Å². The molecule has 0 radical (unpaired) electrons. The van der Waals surface area contributed by atoms with Gasteiger partial charge in [0.1, 0.15) is 0 Å². The number of halogens is 1. The summed E-state index contributed by atoms with van der Waals surface area (Å²) in [4.78, 5) is 24.9. The quantitative estimate of drug-likeness (QED) is 0.169. The van der Waals surface area contributed by atoms with Crippen molar-refractivity contribution in [1.82, 2.24) is 10.6 Å². The van der Waals surface area contributed by atoms with E-state index < -0.39 is 0 Å². The van der Waals surface area contributed by atoms with Gasteiger partial charge in [-0.25, -0.2) is 0 Å². The van der Waals surface area contributed by atoms with E-state index in [1.807, 2.05) is 13.8 Å². The summed E-state index contributed by atoms with van der Waals surface area (Å²) in [6.07, 6.45) is 5.25. The maximum absolute atomic E-state index is 12.5. The second-order valence-electron chi connectivity index (χ2n) is 7.62. The summed E-state index contributed by atoms with van der Waals surface area (Å²) >= 11 is 6.63. The number of hydrogen-bond acceptors (Lipinski definition) is 3. The molecule has 1 aromatic carbocycles. The van der Waals surface area contributed by atoms with E-state index in [-0.39, 0.29) is 82.0 Å². The number of amides is 2. The molecule has 0 bridgehead atoms. The monoisotopic (exact) mass is 617 g/mol. The number of rotatable bonds is 14. The molecule has 0 spiro atoms. The first-order valence-electron chi connectivity index (χ1n) is 10.5. The molecule has 0 saturated carbocycles. The molecule has 0 aliphatic carbocycles. The van der Waals surface area contributed by atoms with E-state index in [1.54, 1.807) is 0 Å². The number of hydrogen-bond donors (Lipinski definition) is 3. The van der Waals surface area contributed by atoms with Crippen LogP contribution in [0.5, 0.6) is 0 Å². The number of carbonyl (C=O) groups excluding carboxylic acids is 2. The van der Waals surface area contributed by atoms with Gasteiger partial charge >= 0.3 is 58.2 Å². The molecule has 3 N–H and O–H groups in total. The van der Waals surface area contributed by atoms with Crippen LogP contribution in [0, 0.1) is 9.49 Å². The van der Waals surface area contributed by atoms with Crippen molar-refractivity contribution in [3.8, 4) is 0 Å². The van der Waals surface area contributed by atoms with Gasteiger partial charge in [0.2, 0.25) is 11.8 Å². The fourth-order valence-electron chi connectivity index (χ4n) is 3.11. The van der Waals surface area contributed by atoms with Gasteiger partial charge in [-0.3, -0.25) is 9.59 Å². The summed E-state index contributed by atoms with van der Waals surface area (Å²) in [5, 5.41) is 6.33. The van der Waals surface area contributed by atoms with E-state index in [0.29, 0.717) is 37.6 Å². The molecule has 2 amide bonds. The van der Waals surface area contributed by atoms with E-state index in [2.05, 4.69) is 70.1 Å². The maximum Gasteiger partial charge on any atom is 1.00 e. The summed E-state index contributed by atoms with van der Waals surface area (Å²) < 4.78 is 1.20. The first-order valence-corrected chi connectivity index (χ1v) is 12.1. The first-order chi connectivity index (χ1) is 13.8. The standard InChI is InChI=1S/C22H35IN3O2S.Rb/c1-16(29)6-5-15-25-22(28)17(2)20(8-4-14-24)26-21(27)9-3-7-18-10-12-19(23)13-11-18;/h10-13,16-17,20,24,29H,3-9,14-15H2,1-2H3,(H,25,28)(H,26,27);/q-1;+1/t16?,17?,20-;/m1./s1. The zero-order valence-electron chi connectivity index (χ0n) is 18.5. The Morgan fingerprint density at radius 3 is 2.37 bits per heavy atom. The van der Waals surface area contributed by atoms with Gasteiger partial charge in [-0.15, -0.1) is 0 Å². The Morgan fingerprint density at radius 2 is 1.77 bits per heavy atom. The fourth-order valence-corrected chi connectivity index (χ4v) is 3.65. The molecule has 1 rings (SSSR count). The predicted molar refractivity (Wildman–Crippen MR) is 132 cm³/mol. The van der Waals surface area contributed by atoms with Crippen LogP contribution < -0.4 is 68.8 Å². The van der Waals surface area contributed by atoms with Crippen molar-refractivity contribution >= 4 is 47.0 Å². The smallest absolute Gasteiger partial charge is 0.677 e. The van der Waals surface area contributed by atoms with Gasteiger partial charge < -0.3 is 16.4 Å². The van der Waals surface area contributed by atoms with Gasteiger partial charge in [0, 0.05) is 22.6 Å². The molecule has 30 heavy (non-hydrogen) atoms. The fraction of sp³-hybridized carbons (Fsp3) is 0.636. The second-order valence-corrected chi connectivity index (χ2v) is 9.74. The van der Waals surface area contributed by atoms with Crippen molar-refractivity contribution in [3.05, 3.63) is 39.1 Å². The molecule has 8 heteroatoms.